The Kier molecular flexibility index (Phi) is 7.16. The first-order valence-electron chi connectivity index (χ1n) is 12.7. The van der Waals surface area contributed by atoms with Crippen LogP contribution in [0.25, 0.3) is 21.8 Å². The molecule has 0 aliphatic rings. The van der Waals surface area contributed by atoms with Crippen LogP contribution in [0.3, 0.4) is 0 Å². The Labute approximate surface area is 228 Å². The second-order valence-corrected chi connectivity index (χ2v) is 11.8. The van der Waals surface area contributed by atoms with E-state index in [2.05, 4.69) is 0 Å². The van der Waals surface area contributed by atoms with Crippen molar-refractivity contribution in [2.75, 3.05) is 24.9 Å². The predicted octanol–water partition coefficient (Wildman–Crippen LogP) is 5.06. The lowest BCUT2D eigenvalue weighted by Gasteiger charge is -2.28. The van der Waals surface area contributed by atoms with Crippen LogP contribution in [0.4, 0.5) is 5.69 Å². The van der Waals surface area contributed by atoms with Crippen molar-refractivity contribution < 1.29 is 18.3 Å². The third-order valence-electron chi connectivity index (χ3n) is 6.85. The number of aliphatic hydroxyl groups excluding tert-OH is 1. The number of hydrogen-bond donors (Lipinski definition) is 1. The Morgan fingerprint density at radius 1 is 0.846 bits per heavy atom. The molecule has 8 heteroatoms. The number of rotatable bonds is 8. The van der Waals surface area contributed by atoms with Gasteiger partial charge >= 0.3 is 0 Å². The third-order valence-corrected chi connectivity index (χ3v) is 8.65. The zero-order valence-electron chi connectivity index (χ0n) is 22.2. The second kappa shape index (κ2) is 10.6. The van der Waals surface area contributed by atoms with Crippen LogP contribution in [-0.2, 0) is 16.6 Å². The van der Waals surface area contributed by atoms with Gasteiger partial charge in [-0.2, -0.15) is 0 Å². The van der Waals surface area contributed by atoms with E-state index in [1.807, 2.05) is 60.0 Å². The van der Waals surface area contributed by atoms with Gasteiger partial charge in [0.1, 0.15) is 0 Å². The molecule has 7 nitrogen and oxygen atoms in total. The number of aliphatic hydroxyl groups is 1. The number of hydrogen-bond acceptors (Lipinski definition) is 4. The van der Waals surface area contributed by atoms with Gasteiger partial charge in [-0.1, -0.05) is 60.2 Å². The highest BCUT2D eigenvalue weighted by Gasteiger charge is 2.28. The van der Waals surface area contributed by atoms with Crippen LogP contribution in [0, 0.1) is 6.92 Å². The lowest BCUT2D eigenvalue weighted by molar-refractivity contribution is 0.0827. The number of amides is 1. The highest BCUT2D eigenvalue weighted by atomic mass is 32.2. The molecule has 0 spiro atoms. The van der Waals surface area contributed by atoms with Gasteiger partial charge in [-0.25, -0.2) is 8.42 Å². The molecule has 0 aliphatic heterocycles. The van der Waals surface area contributed by atoms with Crippen molar-refractivity contribution in [2.45, 2.75) is 24.5 Å². The number of fused-ring (bicyclic) bond motifs is 3. The standard InChI is InChI=1S/C31H31N3O4S/c1-22-15-17-26(18-16-22)39(37,38)34(24-10-8-9-23(19-24)31(36)32(2)3)21-25(35)20-33-29-13-6-4-11-27(29)28-12-5-7-14-30(28)33/h4-19,25,35H,20-21H2,1-3H3. The molecule has 0 bridgehead atoms. The van der Waals surface area contributed by atoms with Gasteiger partial charge in [0, 0.05) is 41.5 Å². The molecule has 0 saturated heterocycles. The Hall–Kier alpha value is -4.14. The number of sulfonamides is 1. The summed E-state index contributed by atoms with van der Waals surface area (Å²) in [6, 6.07) is 29.1. The van der Waals surface area contributed by atoms with Crippen LogP contribution >= 0.6 is 0 Å². The van der Waals surface area contributed by atoms with Crippen molar-refractivity contribution in [2.24, 2.45) is 0 Å². The van der Waals surface area contributed by atoms with Crippen LogP contribution in [-0.4, -0.2) is 55.6 Å². The maximum absolute atomic E-state index is 13.9. The summed E-state index contributed by atoms with van der Waals surface area (Å²) >= 11 is 0. The lowest BCUT2D eigenvalue weighted by Crippen LogP contribution is -2.39. The summed E-state index contributed by atoms with van der Waals surface area (Å²) in [7, 11) is -0.765. The van der Waals surface area contributed by atoms with Crippen LogP contribution in [0.15, 0.2) is 102 Å². The largest absolute Gasteiger partial charge is 0.389 e. The number of aryl methyl sites for hydroxylation is 1. The second-order valence-electron chi connectivity index (χ2n) is 9.90. The van der Waals surface area contributed by atoms with Crippen molar-refractivity contribution in [3.8, 4) is 0 Å². The first-order chi connectivity index (χ1) is 18.7. The molecule has 5 rings (SSSR count). The Morgan fingerprint density at radius 3 is 2.03 bits per heavy atom. The van der Waals surface area contributed by atoms with Crippen LogP contribution < -0.4 is 4.31 Å². The fraction of sp³-hybridized carbons (Fsp3) is 0.194. The quantitative estimate of drug-likeness (QED) is 0.298. The summed E-state index contributed by atoms with van der Waals surface area (Å²) in [6.45, 7) is 1.88. The lowest BCUT2D eigenvalue weighted by atomic mass is 10.1. The predicted molar refractivity (Wildman–Crippen MR) is 156 cm³/mol. The molecule has 4 aromatic carbocycles. The maximum Gasteiger partial charge on any atom is 0.264 e. The van der Waals surface area contributed by atoms with Crippen molar-refractivity contribution in [3.63, 3.8) is 0 Å². The Morgan fingerprint density at radius 2 is 1.44 bits per heavy atom. The summed E-state index contributed by atoms with van der Waals surface area (Å²) < 4.78 is 31.1. The summed E-state index contributed by atoms with van der Waals surface area (Å²) in [5.74, 6) is -0.240. The number of benzene rings is 4. The molecular weight excluding hydrogens is 510 g/mol. The minimum atomic E-state index is -4.05. The van der Waals surface area contributed by atoms with Gasteiger partial charge in [0.2, 0.25) is 0 Å². The van der Waals surface area contributed by atoms with Crippen LogP contribution in [0.5, 0.6) is 0 Å². The zero-order chi connectivity index (χ0) is 27.7. The fourth-order valence-corrected chi connectivity index (χ4v) is 6.39. The molecule has 0 saturated carbocycles. The van der Waals surface area contributed by atoms with Gasteiger partial charge in [-0.3, -0.25) is 9.10 Å². The summed E-state index contributed by atoms with van der Waals surface area (Å²) in [4.78, 5) is 14.2. The fourth-order valence-electron chi connectivity index (χ4n) is 4.89. The van der Waals surface area contributed by atoms with Gasteiger partial charge in [0.15, 0.2) is 0 Å². The van der Waals surface area contributed by atoms with Gasteiger partial charge in [0.05, 0.1) is 29.8 Å². The van der Waals surface area contributed by atoms with Gasteiger partial charge in [-0.15, -0.1) is 0 Å². The minimum Gasteiger partial charge on any atom is -0.389 e. The van der Waals surface area contributed by atoms with Gasteiger partial charge in [0.25, 0.3) is 15.9 Å². The number of nitrogens with zero attached hydrogens (tertiary/aromatic N) is 3. The highest BCUT2D eigenvalue weighted by molar-refractivity contribution is 7.92. The molecule has 1 amide bonds. The van der Waals surface area contributed by atoms with E-state index in [-0.39, 0.29) is 23.9 Å². The van der Waals surface area contributed by atoms with E-state index < -0.39 is 16.1 Å². The smallest absolute Gasteiger partial charge is 0.264 e. The van der Waals surface area contributed by atoms with Gasteiger partial charge < -0.3 is 14.6 Å². The molecule has 1 atom stereocenters. The van der Waals surface area contributed by atoms with E-state index >= 15 is 0 Å². The average molecular weight is 542 g/mol. The highest BCUT2D eigenvalue weighted by Crippen LogP contribution is 2.30. The molecule has 0 radical (unpaired) electrons. The van der Waals surface area contributed by atoms with Crippen molar-refractivity contribution in [1.29, 1.82) is 0 Å². The monoisotopic (exact) mass is 541 g/mol. The van der Waals surface area contributed by atoms with Crippen molar-refractivity contribution in [3.05, 3.63) is 108 Å². The van der Waals surface area contributed by atoms with Crippen LogP contribution in [0.2, 0.25) is 0 Å². The first-order valence-corrected chi connectivity index (χ1v) is 14.2. The number of carbonyl (C=O) groups excluding carboxylic acids is 1. The Balaban J connectivity index is 1.55. The van der Waals surface area contributed by atoms with E-state index in [9.17, 15) is 18.3 Å². The van der Waals surface area contributed by atoms with Gasteiger partial charge in [-0.05, 0) is 49.4 Å². The normalized spacial score (nSPS) is 12.5. The topological polar surface area (TPSA) is 82.8 Å². The summed E-state index contributed by atoms with van der Waals surface area (Å²) in [5.41, 5.74) is 3.53. The van der Waals surface area contributed by atoms with Crippen molar-refractivity contribution in [1.82, 2.24) is 9.47 Å². The molecule has 0 fully saturated rings. The summed E-state index contributed by atoms with van der Waals surface area (Å²) in [6.07, 6.45) is -1.04. The first kappa shape index (κ1) is 26.5. The van der Waals surface area contributed by atoms with E-state index in [1.54, 1.807) is 62.6 Å². The number of carbonyl (C=O) groups is 1. The molecule has 200 valence electrons. The van der Waals surface area contributed by atoms with Crippen LogP contribution in [0.1, 0.15) is 15.9 Å². The zero-order valence-corrected chi connectivity index (χ0v) is 23.0. The number of para-hydroxylation sites is 2. The molecule has 1 heterocycles. The summed E-state index contributed by atoms with van der Waals surface area (Å²) in [5, 5.41) is 13.5. The molecular formula is C31H31N3O4S. The molecule has 5 aromatic rings. The third kappa shape index (κ3) is 5.13. The molecule has 1 unspecified atom stereocenters. The SMILES string of the molecule is Cc1ccc(S(=O)(=O)N(CC(O)Cn2c3ccccc3c3ccccc32)c2cccc(C(=O)N(C)C)c2)cc1. The molecule has 39 heavy (non-hydrogen) atoms. The molecule has 1 N–H and O–H groups in total. The number of anilines is 1. The Bertz CT molecular complexity index is 1710. The van der Waals surface area contributed by atoms with E-state index in [1.165, 1.54) is 9.21 Å². The molecule has 1 aromatic heterocycles. The maximum atomic E-state index is 13.9. The van der Waals surface area contributed by atoms with Crippen molar-refractivity contribution >= 4 is 43.4 Å². The molecule has 0 aliphatic carbocycles. The van der Waals surface area contributed by atoms with E-state index in [0.29, 0.717) is 11.3 Å². The van der Waals surface area contributed by atoms with E-state index in [0.717, 1.165) is 27.4 Å². The minimum absolute atomic E-state index is 0.113. The average Bonchev–Trinajstić information content (AvgIpc) is 3.25. The number of aromatic nitrogens is 1. The van der Waals surface area contributed by atoms with E-state index in [4.69, 9.17) is 0 Å².